The molecule has 0 spiro atoms. The van der Waals surface area contributed by atoms with Crippen LogP contribution >= 0.6 is 0 Å². The lowest BCUT2D eigenvalue weighted by Crippen LogP contribution is -2.36. The molecule has 1 aliphatic carbocycles. The van der Waals surface area contributed by atoms with Crippen LogP contribution < -0.4 is 0 Å². The molecular weight excluding hydrogens is 368 g/mol. The first-order valence-corrected chi connectivity index (χ1v) is 10.8. The predicted molar refractivity (Wildman–Crippen MR) is 112 cm³/mol. The Balaban J connectivity index is 1.86. The highest BCUT2D eigenvalue weighted by Crippen LogP contribution is 2.44. The van der Waals surface area contributed by atoms with Gasteiger partial charge in [0, 0.05) is 6.61 Å². The molecule has 1 unspecified atom stereocenters. The van der Waals surface area contributed by atoms with Crippen LogP contribution in [-0.4, -0.2) is 29.3 Å². The summed E-state index contributed by atoms with van der Waals surface area (Å²) in [6, 6.07) is 10.0. The van der Waals surface area contributed by atoms with Gasteiger partial charge in [-0.3, -0.25) is 9.59 Å². The number of rotatable bonds is 11. The van der Waals surface area contributed by atoms with Crippen molar-refractivity contribution < 1.29 is 24.2 Å². The van der Waals surface area contributed by atoms with Crippen molar-refractivity contribution in [3.63, 3.8) is 0 Å². The van der Waals surface area contributed by atoms with E-state index in [2.05, 4.69) is 0 Å². The molecule has 5 heteroatoms. The molecule has 0 saturated heterocycles. The van der Waals surface area contributed by atoms with Crippen LogP contribution in [0.3, 0.4) is 0 Å². The van der Waals surface area contributed by atoms with Crippen molar-refractivity contribution >= 4 is 11.9 Å². The fourth-order valence-corrected chi connectivity index (χ4v) is 4.08. The zero-order valence-electron chi connectivity index (χ0n) is 18.1. The summed E-state index contributed by atoms with van der Waals surface area (Å²) < 4.78 is 11.3. The van der Waals surface area contributed by atoms with Crippen molar-refractivity contribution in [3.8, 4) is 0 Å². The molecule has 0 aliphatic heterocycles. The number of esters is 1. The third-order valence-corrected chi connectivity index (χ3v) is 5.59. The fraction of sp³-hybridized carbons (Fsp3) is 0.667. The van der Waals surface area contributed by atoms with Crippen molar-refractivity contribution in [2.75, 3.05) is 6.61 Å². The first kappa shape index (κ1) is 23.4. The highest BCUT2D eigenvalue weighted by atomic mass is 16.6. The first-order valence-electron chi connectivity index (χ1n) is 10.8. The Hall–Kier alpha value is -1.88. The van der Waals surface area contributed by atoms with E-state index in [4.69, 9.17) is 9.47 Å². The molecule has 5 nitrogen and oxygen atoms in total. The number of ether oxygens (including phenoxy) is 2. The average Bonchev–Trinajstić information content (AvgIpc) is 3.13. The maximum absolute atomic E-state index is 12.8. The van der Waals surface area contributed by atoms with Gasteiger partial charge in [-0.25, -0.2) is 0 Å². The number of aliphatic carboxylic acids is 1. The predicted octanol–water partition coefficient (Wildman–Crippen LogP) is 5.37. The van der Waals surface area contributed by atoms with Crippen LogP contribution in [0.25, 0.3) is 0 Å². The quantitative estimate of drug-likeness (QED) is 0.397. The number of benzene rings is 1. The summed E-state index contributed by atoms with van der Waals surface area (Å²) in [6.07, 6.45) is 5.81. The average molecular weight is 405 g/mol. The lowest BCUT2D eigenvalue weighted by Gasteiger charge is -2.30. The second-order valence-electron chi connectivity index (χ2n) is 9.26. The third-order valence-electron chi connectivity index (χ3n) is 5.59. The Labute approximate surface area is 174 Å². The zero-order valence-corrected chi connectivity index (χ0v) is 18.1. The lowest BCUT2D eigenvalue weighted by molar-refractivity contribution is -0.163. The van der Waals surface area contributed by atoms with E-state index >= 15 is 0 Å². The molecule has 0 heterocycles. The second-order valence-corrected chi connectivity index (χ2v) is 9.26. The van der Waals surface area contributed by atoms with Crippen LogP contribution in [0.1, 0.15) is 77.7 Å². The van der Waals surface area contributed by atoms with Gasteiger partial charge in [0.15, 0.2) is 0 Å². The van der Waals surface area contributed by atoms with Crippen LogP contribution in [0.5, 0.6) is 0 Å². The van der Waals surface area contributed by atoms with Gasteiger partial charge < -0.3 is 14.6 Å². The first-order chi connectivity index (χ1) is 13.7. The molecule has 0 amide bonds. The monoisotopic (exact) mass is 404 g/mol. The smallest absolute Gasteiger partial charge is 0.309 e. The van der Waals surface area contributed by atoms with Crippen LogP contribution in [0.15, 0.2) is 30.3 Å². The number of carbonyl (C=O) groups excluding carboxylic acids is 1. The minimum absolute atomic E-state index is 0.268. The Morgan fingerprint density at radius 3 is 2.34 bits per heavy atom. The van der Waals surface area contributed by atoms with Crippen LogP contribution in [-0.2, 0) is 25.7 Å². The largest absolute Gasteiger partial charge is 0.481 e. The molecule has 0 bridgehead atoms. The molecule has 162 valence electrons. The molecule has 2 rings (SSSR count). The van der Waals surface area contributed by atoms with E-state index in [1.54, 1.807) is 0 Å². The molecule has 29 heavy (non-hydrogen) atoms. The minimum atomic E-state index is -0.772. The number of unbranched alkanes of at least 4 members (excludes halogenated alkanes) is 1. The summed E-state index contributed by atoms with van der Waals surface area (Å²) in [5.41, 5.74) is -0.199. The van der Waals surface area contributed by atoms with Crippen molar-refractivity contribution in [2.45, 2.75) is 84.3 Å². The number of carbonyl (C=O) groups is 2. The van der Waals surface area contributed by atoms with E-state index in [1.807, 2.05) is 51.1 Å². The number of hydrogen-bond donors (Lipinski definition) is 1. The van der Waals surface area contributed by atoms with Crippen molar-refractivity contribution in [3.05, 3.63) is 35.9 Å². The normalized spacial score (nSPS) is 17.1. The summed E-state index contributed by atoms with van der Waals surface area (Å²) >= 11 is 0. The van der Waals surface area contributed by atoms with Gasteiger partial charge in [0.2, 0.25) is 0 Å². The highest BCUT2D eigenvalue weighted by molar-refractivity contribution is 5.78. The summed E-state index contributed by atoms with van der Waals surface area (Å²) in [4.78, 5) is 24.7. The molecule has 1 aromatic carbocycles. The van der Waals surface area contributed by atoms with E-state index in [-0.39, 0.29) is 11.9 Å². The van der Waals surface area contributed by atoms with E-state index in [1.165, 1.54) is 0 Å². The molecule has 1 aliphatic rings. The van der Waals surface area contributed by atoms with Crippen molar-refractivity contribution in [1.82, 2.24) is 0 Å². The number of carboxylic acid groups (broad SMARTS) is 1. The topological polar surface area (TPSA) is 72.8 Å². The standard InChI is InChI=1S/C24H36O5/c1-23(2,3)29-21(25)20(17-24(22(26)27)14-8-9-15-24)13-7-10-16-28-18-19-11-5-4-6-12-19/h4-6,11-12,20H,7-10,13-18H2,1-3H3,(H,26,27). The summed E-state index contributed by atoms with van der Waals surface area (Å²) in [7, 11) is 0. The van der Waals surface area contributed by atoms with E-state index in [0.29, 0.717) is 38.9 Å². The summed E-state index contributed by atoms with van der Waals surface area (Å²) in [5, 5.41) is 9.80. The molecule has 0 radical (unpaired) electrons. The van der Waals surface area contributed by atoms with Crippen molar-refractivity contribution in [2.24, 2.45) is 11.3 Å². The van der Waals surface area contributed by atoms with E-state index < -0.39 is 17.0 Å². The maximum atomic E-state index is 12.8. The third kappa shape index (κ3) is 7.81. The van der Waals surface area contributed by atoms with E-state index in [0.717, 1.165) is 31.2 Å². The molecule has 1 N–H and O–H groups in total. The molecule has 1 fully saturated rings. The van der Waals surface area contributed by atoms with Crippen molar-refractivity contribution in [1.29, 1.82) is 0 Å². The van der Waals surface area contributed by atoms with Gasteiger partial charge >= 0.3 is 11.9 Å². The fourth-order valence-electron chi connectivity index (χ4n) is 4.08. The Bertz CT molecular complexity index is 641. The Morgan fingerprint density at radius 2 is 1.76 bits per heavy atom. The Kier molecular flexibility index (Phi) is 8.69. The van der Waals surface area contributed by atoms with Gasteiger partial charge in [-0.1, -0.05) is 49.6 Å². The van der Waals surface area contributed by atoms with Gasteiger partial charge in [0.05, 0.1) is 17.9 Å². The molecule has 0 aromatic heterocycles. The van der Waals surface area contributed by atoms with Crippen LogP contribution in [0.4, 0.5) is 0 Å². The maximum Gasteiger partial charge on any atom is 0.309 e. The van der Waals surface area contributed by atoms with Gasteiger partial charge in [-0.15, -0.1) is 0 Å². The molecule has 1 atom stereocenters. The SMILES string of the molecule is CC(C)(C)OC(=O)C(CCCCOCc1ccccc1)CC1(C(=O)O)CCCC1. The number of hydrogen-bond acceptors (Lipinski definition) is 4. The van der Waals surface area contributed by atoms with Gasteiger partial charge in [0.25, 0.3) is 0 Å². The summed E-state index contributed by atoms with van der Waals surface area (Å²) in [6.45, 7) is 6.75. The zero-order chi connectivity index (χ0) is 21.3. The van der Waals surface area contributed by atoms with Gasteiger partial charge in [0.1, 0.15) is 5.60 Å². The highest BCUT2D eigenvalue weighted by Gasteiger charge is 2.44. The number of carboxylic acids is 1. The Morgan fingerprint density at radius 1 is 1.10 bits per heavy atom. The molecular formula is C24H36O5. The van der Waals surface area contributed by atoms with Crippen LogP contribution in [0.2, 0.25) is 0 Å². The van der Waals surface area contributed by atoms with Gasteiger partial charge in [-0.2, -0.15) is 0 Å². The van der Waals surface area contributed by atoms with Crippen LogP contribution in [0, 0.1) is 11.3 Å². The van der Waals surface area contributed by atoms with Gasteiger partial charge in [-0.05, 0) is 58.4 Å². The summed E-state index contributed by atoms with van der Waals surface area (Å²) in [5.74, 6) is -1.41. The second kappa shape index (κ2) is 10.8. The van der Waals surface area contributed by atoms with E-state index in [9.17, 15) is 14.7 Å². The molecule has 1 aromatic rings. The lowest BCUT2D eigenvalue weighted by atomic mass is 9.76. The minimum Gasteiger partial charge on any atom is -0.481 e. The molecule has 1 saturated carbocycles.